The summed E-state index contributed by atoms with van der Waals surface area (Å²) in [6.07, 6.45) is 1.68. The van der Waals surface area contributed by atoms with Gasteiger partial charge in [0, 0.05) is 19.2 Å². The summed E-state index contributed by atoms with van der Waals surface area (Å²) in [5.41, 5.74) is 0.789. The minimum atomic E-state index is -3.50. The number of aromatic amines is 1. The van der Waals surface area contributed by atoms with Crippen LogP contribution in [0.4, 0.5) is 0 Å². The van der Waals surface area contributed by atoms with Crippen molar-refractivity contribution in [1.29, 1.82) is 0 Å². The maximum absolute atomic E-state index is 11.8. The highest BCUT2D eigenvalue weighted by molar-refractivity contribution is 7.91. The maximum atomic E-state index is 11.8. The van der Waals surface area contributed by atoms with Crippen molar-refractivity contribution in [2.45, 2.75) is 17.2 Å². The van der Waals surface area contributed by atoms with E-state index in [0.717, 1.165) is 17.0 Å². The van der Waals surface area contributed by atoms with Gasteiger partial charge in [0.1, 0.15) is 4.21 Å². The first kappa shape index (κ1) is 14.7. The summed E-state index contributed by atoms with van der Waals surface area (Å²) in [6.45, 7) is 0.408. The zero-order chi connectivity index (χ0) is 14.4. The SMILES string of the molecule is O=C(CCNS(=O)(=O)c1cccs1)NCc1ccn[nH]1. The molecule has 108 valence electrons. The van der Waals surface area contributed by atoms with Gasteiger partial charge in [-0.25, -0.2) is 13.1 Å². The molecule has 20 heavy (non-hydrogen) atoms. The van der Waals surface area contributed by atoms with Gasteiger partial charge in [-0.3, -0.25) is 9.89 Å². The summed E-state index contributed by atoms with van der Waals surface area (Å²) >= 11 is 1.14. The first-order valence-corrected chi connectivity index (χ1v) is 8.22. The first-order valence-electron chi connectivity index (χ1n) is 5.86. The molecule has 0 atom stereocenters. The largest absolute Gasteiger partial charge is 0.350 e. The van der Waals surface area contributed by atoms with E-state index in [9.17, 15) is 13.2 Å². The van der Waals surface area contributed by atoms with Gasteiger partial charge in [-0.1, -0.05) is 6.07 Å². The Balaban J connectivity index is 1.71. The van der Waals surface area contributed by atoms with Crippen LogP contribution in [-0.2, 0) is 21.4 Å². The molecule has 0 fully saturated rings. The molecular weight excluding hydrogens is 300 g/mol. The van der Waals surface area contributed by atoms with Crippen LogP contribution in [0.15, 0.2) is 34.0 Å². The molecule has 2 aromatic heterocycles. The van der Waals surface area contributed by atoms with Crippen molar-refractivity contribution in [1.82, 2.24) is 20.2 Å². The van der Waals surface area contributed by atoms with Crippen molar-refractivity contribution in [3.8, 4) is 0 Å². The highest BCUT2D eigenvalue weighted by Gasteiger charge is 2.14. The topological polar surface area (TPSA) is 104 Å². The van der Waals surface area contributed by atoms with Crippen LogP contribution in [0.3, 0.4) is 0 Å². The lowest BCUT2D eigenvalue weighted by Crippen LogP contribution is -2.30. The molecule has 0 aliphatic rings. The Morgan fingerprint density at radius 2 is 2.25 bits per heavy atom. The molecule has 0 saturated carbocycles. The monoisotopic (exact) mass is 314 g/mol. The standard InChI is InChI=1S/C11H14N4O3S2/c16-10(12-8-9-3-5-13-15-9)4-6-14-20(17,18)11-2-1-7-19-11/h1-3,5,7,14H,4,6,8H2,(H,12,16)(H,13,15). The van der Waals surface area contributed by atoms with Gasteiger partial charge in [0.05, 0.1) is 12.2 Å². The fraction of sp³-hybridized carbons (Fsp3) is 0.273. The second-order valence-electron chi connectivity index (χ2n) is 3.94. The summed E-state index contributed by atoms with van der Waals surface area (Å²) in [5, 5.41) is 10.8. The Bertz CT molecular complexity index is 635. The summed E-state index contributed by atoms with van der Waals surface area (Å²) in [6, 6.07) is 4.93. The number of hydrogen-bond acceptors (Lipinski definition) is 5. The van der Waals surface area contributed by atoms with Crippen LogP contribution in [0.1, 0.15) is 12.1 Å². The number of sulfonamides is 1. The Labute approximate surface area is 120 Å². The molecule has 9 heteroatoms. The van der Waals surface area contributed by atoms with E-state index in [4.69, 9.17) is 0 Å². The third-order valence-electron chi connectivity index (χ3n) is 2.44. The predicted molar refractivity (Wildman–Crippen MR) is 74.6 cm³/mol. The van der Waals surface area contributed by atoms with Crippen molar-refractivity contribution < 1.29 is 13.2 Å². The number of nitrogens with zero attached hydrogens (tertiary/aromatic N) is 1. The Hall–Kier alpha value is -1.71. The maximum Gasteiger partial charge on any atom is 0.250 e. The number of amides is 1. The number of rotatable bonds is 7. The number of aromatic nitrogens is 2. The van der Waals surface area contributed by atoms with E-state index in [1.165, 1.54) is 6.07 Å². The molecule has 2 aromatic rings. The van der Waals surface area contributed by atoms with Gasteiger partial charge in [0.25, 0.3) is 0 Å². The molecule has 3 N–H and O–H groups in total. The normalized spacial score (nSPS) is 11.4. The van der Waals surface area contributed by atoms with Gasteiger partial charge < -0.3 is 5.32 Å². The fourth-order valence-electron chi connectivity index (χ4n) is 1.45. The third kappa shape index (κ3) is 4.15. The number of H-pyrrole nitrogens is 1. The van der Waals surface area contributed by atoms with E-state index in [2.05, 4.69) is 20.2 Å². The van der Waals surface area contributed by atoms with Crippen LogP contribution < -0.4 is 10.0 Å². The molecule has 0 aliphatic heterocycles. The Morgan fingerprint density at radius 1 is 1.40 bits per heavy atom. The molecule has 0 radical (unpaired) electrons. The van der Waals surface area contributed by atoms with Crippen molar-refractivity contribution in [2.75, 3.05) is 6.54 Å². The highest BCUT2D eigenvalue weighted by atomic mass is 32.2. The van der Waals surface area contributed by atoms with E-state index >= 15 is 0 Å². The molecule has 0 unspecified atom stereocenters. The zero-order valence-electron chi connectivity index (χ0n) is 10.5. The van der Waals surface area contributed by atoms with Crippen molar-refractivity contribution in [2.24, 2.45) is 0 Å². The van der Waals surface area contributed by atoms with Crippen LogP contribution in [0.25, 0.3) is 0 Å². The summed E-state index contributed by atoms with van der Waals surface area (Å²) in [5.74, 6) is -0.228. The minimum Gasteiger partial charge on any atom is -0.350 e. The molecule has 2 rings (SSSR count). The molecule has 2 heterocycles. The van der Waals surface area contributed by atoms with Crippen molar-refractivity contribution >= 4 is 27.3 Å². The first-order chi connectivity index (χ1) is 9.58. The molecule has 0 bridgehead atoms. The summed E-state index contributed by atoms with van der Waals surface area (Å²) in [7, 11) is -3.50. The van der Waals surface area contributed by atoms with Gasteiger partial charge in [0.2, 0.25) is 15.9 Å². The third-order valence-corrected chi connectivity index (χ3v) is 5.30. The number of thiophene rings is 1. The minimum absolute atomic E-state index is 0.0645. The number of carbonyl (C=O) groups is 1. The van der Waals surface area contributed by atoms with Crippen LogP contribution >= 0.6 is 11.3 Å². The highest BCUT2D eigenvalue weighted by Crippen LogP contribution is 2.14. The van der Waals surface area contributed by atoms with E-state index in [-0.39, 0.29) is 23.1 Å². The molecule has 0 aromatic carbocycles. The van der Waals surface area contributed by atoms with Gasteiger partial charge in [0.15, 0.2) is 0 Å². The van der Waals surface area contributed by atoms with E-state index < -0.39 is 10.0 Å². The molecule has 0 spiro atoms. The lowest BCUT2D eigenvalue weighted by atomic mass is 10.4. The number of hydrogen-bond donors (Lipinski definition) is 3. The van der Waals surface area contributed by atoms with Crippen LogP contribution in [-0.4, -0.2) is 31.1 Å². The lowest BCUT2D eigenvalue weighted by molar-refractivity contribution is -0.121. The van der Waals surface area contributed by atoms with Gasteiger partial charge in [-0.05, 0) is 17.5 Å². The summed E-state index contributed by atoms with van der Waals surface area (Å²) in [4.78, 5) is 11.5. The van der Waals surface area contributed by atoms with Gasteiger partial charge >= 0.3 is 0 Å². The molecule has 0 aliphatic carbocycles. The van der Waals surface area contributed by atoms with E-state index in [0.29, 0.717) is 6.54 Å². The van der Waals surface area contributed by atoms with Crippen LogP contribution in [0, 0.1) is 0 Å². The zero-order valence-corrected chi connectivity index (χ0v) is 12.1. The van der Waals surface area contributed by atoms with E-state index in [1.54, 1.807) is 23.7 Å². The number of carbonyl (C=O) groups excluding carboxylic acids is 1. The molecule has 1 amide bonds. The van der Waals surface area contributed by atoms with E-state index in [1.807, 2.05) is 0 Å². The smallest absolute Gasteiger partial charge is 0.250 e. The average molecular weight is 314 g/mol. The molecular formula is C11H14N4O3S2. The van der Waals surface area contributed by atoms with Gasteiger partial charge in [-0.2, -0.15) is 5.10 Å². The summed E-state index contributed by atoms with van der Waals surface area (Å²) < 4.78 is 26.2. The van der Waals surface area contributed by atoms with Crippen LogP contribution in [0.2, 0.25) is 0 Å². The second kappa shape index (κ2) is 6.64. The number of nitrogens with one attached hydrogen (secondary N) is 3. The predicted octanol–water partition coefficient (Wildman–Crippen LogP) is 0.456. The fourth-order valence-corrected chi connectivity index (χ4v) is 3.52. The second-order valence-corrected chi connectivity index (χ2v) is 6.88. The van der Waals surface area contributed by atoms with Crippen LogP contribution in [0.5, 0.6) is 0 Å². The average Bonchev–Trinajstić information content (AvgIpc) is 3.09. The van der Waals surface area contributed by atoms with Gasteiger partial charge in [-0.15, -0.1) is 11.3 Å². The van der Waals surface area contributed by atoms with Crippen molar-refractivity contribution in [3.05, 3.63) is 35.5 Å². The quantitative estimate of drug-likeness (QED) is 0.690. The Morgan fingerprint density at radius 3 is 2.90 bits per heavy atom. The molecule has 7 nitrogen and oxygen atoms in total. The Kier molecular flexibility index (Phi) is 4.88. The van der Waals surface area contributed by atoms with Crippen molar-refractivity contribution in [3.63, 3.8) is 0 Å². The molecule has 0 saturated heterocycles. The lowest BCUT2D eigenvalue weighted by Gasteiger charge is -2.05.